The monoisotopic (exact) mass is 219 g/mol. The molecule has 0 aliphatic rings. The minimum absolute atomic E-state index is 0.537. The number of rotatable bonds is 2. The second kappa shape index (κ2) is 4.07. The highest BCUT2D eigenvalue weighted by molar-refractivity contribution is 5.90. The minimum Gasteiger partial charge on any atom is -0.505 e. The highest BCUT2D eigenvalue weighted by Gasteiger charge is 2.19. The number of aromatic amines is 1. The van der Waals surface area contributed by atoms with E-state index < -0.39 is 35.0 Å². The van der Waals surface area contributed by atoms with Crippen LogP contribution in [-0.4, -0.2) is 23.2 Å². The fraction of sp³-hybridized carbons (Fsp3) is 0.250. The summed E-state index contributed by atoms with van der Waals surface area (Å²) in [5.74, 6) is -1.76. The van der Waals surface area contributed by atoms with E-state index in [1.807, 2.05) is 4.98 Å². The second-order valence-electron chi connectivity index (χ2n) is 2.61. The van der Waals surface area contributed by atoms with Gasteiger partial charge in [0, 0.05) is 0 Å². The Bertz CT molecular complexity index is 441. The largest absolute Gasteiger partial charge is 0.505 e. The summed E-state index contributed by atoms with van der Waals surface area (Å²) >= 11 is 0. The van der Waals surface area contributed by atoms with Gasteiger partial charge in [-0.3, -0.25) is 4.79 Å². The van der Waals surface area contributed by atoms with Crippen LogP contribution in [-0.2, 0) is 4.74 Å². The van der Waals surface area contributed by atoms with Crippen LogP contribution in [0.1, 0.15) is 22.5 Å². The molecule has 0 radical (unpaired) electrons. The number of nitrogens with one attached hydrogen (secondary N) is 1. The summed E-state index contributed by atoms with van der Waals surface area (Å²) in [6.45, 7) is 0. The number of H-pyrrole nitrogens is 1. The number of ether oxygens (including phenoxy) is 1. The zero-order chi connectivity index (χ0) is 11.6. The second-order valence-corrected chi connectivity index (χ2v) is 2.61. The Labute approximate surface area is 82.3 Å². The summed E-state index contributed by atoms with van der Waals surface area (Å²) in [5, 5.41) is 9.16. The number of esters is 1. The van der Waals surface area contributed by atoms with Gasteiger partial charge < -0.3 is 14.8 Å². The Morgan fingerprint density at radius 2 is 2.20 bits per heavy atom. The van der Waals surface area contributed by atoms with Crippen LogP contribution in [0.4, 0.5) is 8.78 Å². The van der Waals surface area contributed by atoms with Crippen LogP contribution in [0.2, 0.25) is 0 Å². The molecule has 0 aliphatic carbocycles. The van der Waals surface area contributed by atoms with E-state index in [0.29, 0.717) is 6.07 Å². The van der Waals surface area contributed by atoms with E-state index >= 15 is 0 Å². The third kappa shape index (κ3) is 2.12. The fourth-order valence-corrected chi connectivity index (χ4v) is 0.954. The van der Waals surface area contributed by atoms with Crippen molar-refractivity contribution in [2.24, 2.45) is 0 Å². The molecule has 1 aromatic rings. The first-order valence-corrected chi connectivity index (χ1v) is 3.80. The summed E-state index contributed by atoms with van der Waals surface area (Å²) in [5.41, 5.74) is -2.59. The van der Waals surface area contributed by atoms with Gasteiger partial charge in [0.05, 0.1) is 12.7 Å². The van der Waals surface area contributed by atoms with Gasteiger partial charge in [0.1, 0.15) is 5.75 Å². The quantitative estimate of drug-likeness (QED) is 0.721. The van der Waals surface area contributed by atoms with Gasteiger partial charge in [0.25, 0.3) is 12.0 Å². The lowest BCUT2D eigenvalue weighted by Gasteiger charge is -2.04. The van der Waals surface area contributed by atoms with Gasteiger partial charge in [-0.15, -0.1) is 0 Å². The molecule has 0 spiro atoms. The Hall–Kier alpha value is -1.92. The maximum atomic E-state index is 12.2. The molecule has 0 unspecified atom stereocenters. The van der Waals surface area contributed by atoms with Gasteiger partial charge in [0.15, 0.2) is 5.69 Å². The molecular formula is C8H7F2NO4. The van der Waals surface area contributed by atoms with Crippen LogP contribution < -0.4 is 5.56 Å². The van der Waals surface area contributed by atoms with E-state index in [0.717, 1.165) is 7.11 Å². The molecule has 0 aromatic carbocycles. The van der Waals surface area contributed by atoms with Crippen molar-refractivity contribution in [3.63, 3.8) is 0 Å². The smallest absolute Gasteiger partial charge is 0.358 e. The molecule has 0 atom stereocenters. The molecule has 82 valence electrons. The minimum atomic E-state index is -3.02. The highest BCUT2D eigenvalue weighted by Crippen LogP contribution is 2.21. The van der Waals surface area contributed by atoms with E-state index in [9.17, 15) is 18.4 Å². The number of carbonyl (C=O) groups excluding carboxylic acids is 1. The Morgan fingerprint density at radius 1 is 1.60 bits per heavy atom. The van der Waals surface area contributed by atoms with Crippen molar-refractivity contribution < 1.29 is 23.4 Å². The standard InChI is InChI=1S/C8H7F2NO4/c1-15-8(14)5-4(12)2-3(6(9)10)7(13)11-5/h2,6,12H,1H3,(H,11,13). The van der Waals surface area contributed by atoms with Gasteiger partial charge in [-0.05, 0) is 6.07 Å². The van der Waals surface area contributed by atoms with E-state index in [4.69, 9.17) is 5.11 Å². The van der Waals surface area contributed by atoms with Gasteiger partial charge in [-0.25, -0.2) is 13.6 Å². The van der Waals surface area contributed by atoms with Gasteiger partial charge >= 0.3 is 5.97 Å². The molecule has 0 aliphatic heterocycles. The molecule has 7 heteroatoms. The molecule has 15 heavy (non-hydrogen) atoms. The van der Waals surface area contributed by atoms with Crippen LogP contribution in [0.3, 0.4) is 0 Å². The Kier molecular flexibility index (Phi) is 3.03. The normalized spacial score (nSPS) is 10.4. The first kappa shape index (κ1) is 11.2. The summed E-state index contributed by atoms with van der Waals surface area (Å²) in [4.78, 5) is 23.7. The van der Waals surface area contributed by atoms with Gasteiger partial charge in [0.2, 0.25) is 0 Å². The van der Waals surface area contributed by atoms with Crippen molar-refractivity contribution >= 4 is 5.97 Å². The number of carbonyl (C=O) groups is 1. The van der Waals surface area contributed by atoms with Crippen LogP contribution in [0, 0.1) is 0 Å². The molecule has 2 N–H and O–H groups in total. The Morgan fingerprint density at radius 3 is 2.67 bits per heavy atom. The molecule has 0 bridgehead atoms. The number of pyridine rings is 1. The van der Waals surface area contributed by atoms with Crippen molar-refractivity contribution in [1.29, 1.82) is 0 Å². The summed E-state index contributed by atoms with van der Waals surface area (Å²) < 4.78 is 28.6. The van der Waals surface area contributed by atoms with E-state index in [-0.39, 0.29) is 0 Å². The third-order valence-electron chi connectivity index (χ3n) is 1.67. The molecule has 0 saturated heterocycles. The number of hydrogen-bond donors (Lipinski definition) is 2. The van der Waals surface area contributed by atoms with Gasteiger partial charge in [-0.1, -0.05) is 0 Å². The Balaban J connectivity index is 3.32. The summed E-state index contributed by atoms with van der Waals surface area (Å²) in [7, 11) is 1.03. The third-order valence-corrected chi connectivity index (χ3v) is 1.67. The van der Waals surface area contributed by atoms with Crippen molar-refractivity contribution in [1.82, 2.24) is 4.98 Å². The molecular weight excluding hydrogens is 212 g/mol. The SMILES string of the molecule is COC(=O)c1[nH]c(=O)c(C(F)F)cc1O. The maximum absolute atomic E-state index is 12.2. The van der Waals surface area contributed by atoms with E-state index in [2.05, 4.69) is 4.74 Å². The predicted molar refractivity (Wildman–Crippen MR) is 45.0 cm³/mol. The lowest BCUT2D eigenvalue weighted by molar-refractivity contribution is 0.0589. The van der Waals surface area contributed by atoms with Crippen LogP contribution in [0.15, 0.2) is 10.9 Å². The lowest BCUT2D eigenvalue weighted by atomic mass is 10.2. The molecule has 0 fully saturated rings. The molecule has 1 heterocycles. The lowest BCUT2D eigenvalue weighted by Crippen LogP contribution is -2.18. The topological polar surface area (TPSA) is 79.4 Å². The number of halogens is 2. The highest BCUT2D eigenvalue weighted by atomic mass is 19.3. The van der Waals surface area contributed by atoms with E-state index in [1.54, 1.807) is 0 Å². The zero-order valence-electron chi connectivity index (χ0n) is 7.58. The number of hydrogen-bond acceptors (Lipinski definition) is 4. The molecule has 0 saturated carbocycles. The van der Waals surface area contributed by atoms with Crippen molar-refractivity contribution in [3.8, 4) is 5.75 Å². The maximum Gasteiger partial charge on any atom is 0.358 e. The molecule has 5 nitrogen and oxygen atoms in total. The van der Waals surface area contributed by atoms with Crippen LogP contribution in [0.25, 0.3) is 0 Å². The van der Waals surface area contributed by atoms with Gasteiger partial charge in [-0.2, -0.15) is 0 Å². The molecule has 1 aromatic heterocycles. The first-order chi connectivity index (χ1) is 6.97. The summed E-state index contributed by atoms with van der Waals surface area (Å²) in [6.07, 6.45) is -3.02. The van der Waals surface area contributed by atoms with Crippen LogP contribution >= 0.6 is 0 Å². The van der Waals surface area contributed by atoms with Crippen LogP contribution in [0.5, 0.6) is 5.75 Å². The molecule has 1 rings (SSSR count). The average molecular weight is 219 g/mol. The number of aromatic nitrogens is 1. The predicted octanol–water partition coefficient (Wildman–Crippen LogP) is 0.805. The van der Waals surface area contributed by atoms with Crippen molar-refractivity contribution in [3.05, 3.63) is 27.7 Å². The zero-order valence-corrected chi connectivity index (χ0v) is 7.58. The average Bonchev–Trinajstić information content (AvgIpc) is 2.19. The summed E-state index contributed by atoms with van der Waals surface area (Å²) in [6, 6.07) is 0.537. The van der Waals surface area contributed by atoms with Crippen molar-refractivity contribution in [2.45, 2.75) is 6.43 Å². The number of methoxy groups -OCH3 is 1. The first-order valence-electron chi connectivity index (χ1n) is 3.80. The fourth-order valence-electron chi connectivity index (χ4n) is 0.954. The molecule has 0 amide bonds. The van der Waals surface area contributed by atoms with E-state index in [1.165, 1.54) is 0 Å². The number of aromatic hydroxyl groups is 1. The van der Waals surface area contributed by atoms with Crippen molar-refractivity contribution in [2.75, 3.05) is 7.11 Å². The number of alkyl halides is 2.